The van der Waals surface area contributed by atoms with Gasteiger partial charge in [-0.1, -0.05) is 13.8 Å². The predicted molar refractivity (Wildman–Crippen MR) is 59.3 cm³/mol. The molecule has 88 valence electrons. The fraction of sp³-hybridized carbons (Fsp3) is 0.909. The fourth-order valence-corrected chi connectivity index (χ4v) is 2.02. The van der Waals surface area contributed by atoms with Crippen LogP contribution >= 0.6 is 0 Å². The predicted octanol–water partition coefficient (Wildman–Crippen LogP) is 0.343. The molecule has 2 atom stereocenters. The molecular weight excluding hydrogens is 192 g/mol. The van der Waals surface area contributed by atoms with Crippen LogP contribution in [-0.4, -0.2) is 41.1 Å². The van der Waals surface area contributed by atoms with Gasteiger partial charge in [0, 0.05) is 13.1 Å². The van der Waals surface area contributed by atoms with Crippen molar-refractivity contribution >= 4 is 5.91 Å². The highest BCUT2D eigenvalue weighted by Crippen LogP contribution is 2.12. The molecule has 4 heteroatoms. The second kappa shape index (κ2) is 5.47. The molecule has 1 aliphatic heterocycles. The van der Waals surface area contributed by atoms with Gasteiger partial charge >= 0.3 is 0 Å². The number of nitrogens with zero attached hydrogens (tertiary/aromatic N) is 1. The van der Waals surface area contributed by atoms with Crippen LogP contribution < -0.4 is 5.73 Å². The van der Waals surface area contributed by atoms with Crippen LogP contribution in [0.15, 0.2) is 0 Å². The molecule has 2 unspecified atom stereocenters. The summed E-state index contributed by atoms with van der Waals surface area (Å²) in [5, 5.41) is 9.74. The minimum atomic E-state index is -0.417. The van der Waals surface area contributed by atoms with Gasteiger partial charge in [-0.25, -0.2) is 0 Å². The Balaban J connectivity index is 2.39. The lowest BCUT2D eigenvalue weighted by molar-refractivity contribution is -0.136. The highest BCUT2D eigenvalue weighted by atomic mass is 16.3. The Labute approximate surface area is 91.4 Å². The van der Waals surface area contributed by atoms with Crippen LogP contribution in [0.1, 0.15) is 33.1 Å². The number of carbonyl (C=O) groups is 1. The van der Waals surface area contributed by atoms with Crippen LogP contribution in [-0.2, 0) is 4.79 Å². The number of rotatable bonds is 4. The van der Waals surface area contributed by atoms with E-state index in [-0.39, 0.29) is 11.9 Å². The van der Waals surface area contributed by atoms with Crippen LogP contribution in [0.3, 0.4) is 0 Å². The van der Waals surface area contributed by atoms with E-state index >= 15 is 0 Å². The largest absolute Gasteiger partial charge is 0.391 e. The standard InChI is InChI=1S/C11H22N2O2/c1-8(2)6-9(14)7-13-5-3-4-10(12)11(13)15/h8-10,14H,3-7,12H2,1-2H3. The first-order valence-electron chi connectivity index (χ1n) is 5.73. The molecule has 1 saturated heterocycles. The first-order valence-corrected chi connectivity index (χ1v) is 5.73. The maximum absolute atomic E-state index is 11.6. The number of amides is 1. The van der Waals surface area contributed by atoms with E-state index in [9.17, 15) is 9.90 Å². The van der Waals surface area contributed by atoms with Gasteiger partial charge in [0.15, 0.2) is 0 Å². The third kappa shape index (κ3) is 3.80. The summed E-state index contributed by atoms with van der Waals surface area (Å²) in [5.74, 6) is 0.442. The van der Waals surface area contributed by atoms with Crippen molar-refractivity contribution in [1.82, 2.24) is 4.90 Å². The number of nitrogens with two attached hydrogens (primary N) is 1. The molecule has 1 heterocycles. The van der Waals surface area contributed by atoms with Gasteiger partial charge in [-0.05, 0) is 25.2 Å². The van der Waals surface area contributed by atoms with Crippen molar-refractivity contribution in [2.24, 2.45) is 11.7 Å². The number of likely N-dealkylation sites (tertiary alicyclic amines) is 1. The number of piperidine rings is 1. The first kappa shape index (κ1) is 12.5. The summed E-state index contributed by atoms with van der Waals surface area (Å²) >= 11 is 0. The highest BCUT2D eigenvalue weighted by Gasteiger charge is 2.26. The van der Waals surface area contributed by atoms with Crippen LogP contribution in [0.4, 0.5) is 0 Å². The van der Waals surface area contributed by atoms with Gasteiger partial charge in [0.2, 0.25) is 5.91 Å². The van der Waals surface area contributed by atoms with E-state index in [0.717, 1.165) is 25.8 Å². The van der Waals surface area contributed by atoms with Gasteiger partial charge in [-0.3, -0.25) is 4.79 Å². The van der Waals surface area contributed by atoms with Crippen molar-refractivity contribution in [3.63, 3.8) is 0 Å². The topological polar surface area (TPSA) is 66.6 Å². The zero-order valence-corrected chi connectivity index (χ0v) is 9.65. The number of hydrogen-bond donors (Lipinski definition) is 2. The van der Waals surface area contributed by atoms with Crippen molar-refractivity contribution in [2.75, 3.05) is 13.1 Å². The molecule has 0 spiro atoms. The van der Waals surface area contributed by atoms with Crippen LogP contribution in [0, 0.1) is 5.92 Å². The van der Waals surface area contributed by atoms with Crippen molar-refractivity contribution < 1.29 is 9.90 Å². The lowest BCUT2D eigenvalue weighted by Gasteiger charge is -2.32. The average Bonchev–Trinajstić information content (AvgIpc) is 2.11. The molecule has 1 rings (SSSR count). The minimum absolute atomic E-state index is 0.0101. The van der Waals surface area contributed by atoms with Crippen LogP contribution in [0.5, 0.6) is 0 Å². The van der Waals surface area contributed by atoms with Gasteiger partial charge in [0.1, 0.15) is 0 Å². The van der Waals surface area contributed by atoms with E-state index in [2.05, 4.69) is 13.8 Å². The number of carbonyl (C=O) groups excluding carboxylic acids is 1. The number of aliphatic hydroxyl groups excluding tert-OH is 1. The second-order valence-electron chi connectivity index (χ2n) is 4.82. The summed E-state index contributed by atoms with van der Waals surface area (Å²) < 4.78 is 0. The molecule has 0 radical (unpaired) electrons. The molecule has 1 fully saturated rings. The Kier molecular flexibility index (Phi) is 4.54. The molecule has 0 aromatic heterocycles. The molecule has 0 bridgehead atoms. The van der Waals surface area contributed by atoms with Gasteiger partial charge in [-0.15, -0.1) is 0 Å². The second-order valence-corrected chi connectivity index (χ2v) is 4.82. The summed E-state index contributed by atoms with van der Waals surface area (Å²) in [6.07, 6.45) is 2.04. The summed E-state index contributed by atoms with van der Waals surface area (Å²) in [5.41, 5.74) is 5.67. The number of β-amino-alcohol motifs (C(OH)–C–C–N with tert-alkyl or cyclic N) is 1. The molecule has 15 heavy (non-hydrogen) atoms. The Morgan fingerprint density at radius 3 is 2.87 bits per heavy atom. The smallest absolute Gasteiger partial charge is 0.239 e. The van der Waals surface area contributed by atoms with Crippen molar-refractivity contribution in [3.8, 4) is 0 Å². The average molecular weight is 214 g/mol. The summed E-state index contributed by atoms with van der Waals surface area (Å²) in [6.45, 7) is 5.30. The maximum Gasteiger partial charge on any atom is 0.239 e. The van der Waals surface area contributed by atoms with Gasteiger partial charge in [-0.2, -0.15) is 0 Å². The lowest BCUT2D eigenvalue weighted by atomic mass is 10.0. The van der Waals surface area contributed by atoms with Gasteiger partial charge in [0.05, 0.1) is 12.1 Å². The molecule has 1 aliphatic rings. The molecule has 0 saturated carbocycles. The zero-order chi connectivity index (χ0) is 11.4. The zero-order valence-electron chi connectivity index (χ0n) is 9.65. The fourth-order valence-electron chi connectivity index (χ4n) is 2.02. The van der Waals surface area contributed by atoms with E-state index in [0.29, 0.717) is 12.5 Å². The van der Waals surface area contributed by atoms with Crippen molar-refractivity contribution in [3.05, 3.63) is 0 Å². The minimum Gasteiger partial charge on any atom is -0.391 e. The number of aliphatic hydroxyl groups is 1. The van der Waals surface area contributed by atoms with E-state index in [1.807, 2.05) is 0 Å². The number of hydrogen-bond acceptors (Lipinski definition) is 3. The van der Waals surface area contributed by atoms with Crippen LogP contribution in [0.25, 0.3) is 0 Å². The lowest BCUT2D eigenvalue weighted by Crippen LogP contribution is -2.50. The molecule has 0 aliphatic carbocycles. The van der Waals surface area contributed by atoms with Crippen molar-refractivity contribution in [1.29, 1.82) is 0 Å². The highest BCUT2D eigenvalue weighted by molar-refractivity contribution is 5.82. The Morgan fingerprint density at radius 2 is 2.27 bits per heavy atom. The maximum atomic E-state index is 11.6. The Bertz CT molecular complexity index is 219. The van der Waals surface area contributed by atoms with Gasteiger partial charge in [0.25, 0.3) is 0 Å². The molecule has 0 aromatic rings. The molecule has 4 nitrogen and oxygen atoms in total. The normalized spacial score (nSPS) is 24.7. The third-order valence-corrected chi connectivity index (χ3v) is 2.75. The SMILES string of the molecule is CC(C)CC(O)CN1CCCC(N)C1=O. The van der Waals surface area contributed by atoms with E-state index in [1.54, 1.807) is 4.90 Å². The first-order chi connectivity index (χ1) is 7.00. The van der Waals surface area contributed by atoms with E-state index in [4.69, 9.17) is 5.73 Å². The van der Waals surface area contributed by atoms with E-state index in [1.165, 1.54) is 0 Å². The molecule has 1 amide bonds. The third-order valence-electron chi connectivity index (χ3n) is 2.75. The summed E-state index contributed by atoms with van der Waals surface area (Å²) in [7, 11) is 0. The molecular formula is C11H22N2O2. The van der Waals surface area contributed by atoms with E-state index < -0.39 is 6.10 Å². The molecule has 0 aromatic carbocycles. The quantitative estimate of drug-likeness (QED) is 0.709. The summed E-state index contributed by atoms with van der Waals surface area (Å²) in [4.78, 5) is 13.3. The summed E-state index contributed by atoms with van der Waals surface area (Å²) in [6, 6.07) is -0.356. The molecule has 3 N–H and O–H groups in total. The van der Waals surface area contributed by atoms with Gasteiger partial charge < -0.3 is 15.7 Å². The van der Waals surface area contributed by atoms with Crippen LogP contribution in [0.2, 0.25) is 0 Å². The Hall–Kier alpha value is -0.610. The van der Waals surface area contributed by atoms with Crippen molar-refractivity contribution in [2.45, 2.75) is 45.3 Å². The monoisotopic (exact) mass is 214 g/mol. The Morgan fingerprint density at radius 1 is 1.60 bits per heavy atom.